The van der Waals surface area contributed by atoms with Crippen molar-refractivity contribution in [2.24, 2.45) is 0 Å². The number of aromatic nitrogens is 4. The Morgan fingerprint density at radius 3 is 2.69 bits per heavy atom. The van der Waals surface area contributed by atoms with E-state index in [2.05, 4.69) is 35.8 Å². The normalized spacial score (nSPS) is 19.2. The van der Waals surface area contributed by atoms with Gasteiger partial charge in [0.05, 0.1) is 19.5 Å². The van der Waals surface area contributed by atoms with Gasteiger partial charge in [-0.1, -0.05) is 17.8 Å². The first kappa shape index (κ1) is 23.3. The highest BCUT2D eigenvalue weighted by molar-refractivity contribution is 7.99. The van der Waals surface area contributed by atoms with E-state index in [0.717, 1.165) is 37.2 Å². The van der Waals surface area contributed by atoms with E-state index in [1.807, 2.05) is 30.5 Å². The van der Waals surface area contributed by atoms with Gasteiger partial charge in [0.15, 0.2) is 5.16 Å². The van der Waals surface area contributed by atoms with Crippen molar-refractivity contribution in [3.05, 3.63) is 58.1 Å². The third-order valence-corrected chi connectivity index (χ3v) is 7.21. The number of anilines is 1. The summed E-state index contributed by atoms with van der Waals surface area (Å²) in [5.41, 5.74) is 1.39. The zero-order valence-electron chi connectivity index (χ0n) is 19.1. The van der Waals surface area contributed by atoms with Gasteiger partial charge in [-0.25, -0.2) is 15.0 Å². The van der Waals surface area contributed by atoms with Gasteiger partial charge in [0.25, 0.3) is 5.56 Å². The van der Waals surface area contributed by atoms with Gasteiger partial charge < -0.3 is 14.6 Å². The predicted molar refractivity (Wildman–Crippen MR) is 130 cm³/mol. The molecule has 0 saturated carbocycles. The highest BCUT2D eigenvalue weighted by Crippen LogP contribution is 2.35. The number of thioether (sulfide) groups is 1. The second-order valence-electron chi connectivity index (χ2n) is 8.48. The fourth-order valence-corrected chi connectivity index (χ4v) is 5.24. The molecule has 2 bridgehead atoms. The first-order valence-corrected chi connectivity index (χ1v) is 12.3. The number of nitrogens with zero attached hydrogens (tertiary/aromatic N) is 6. The van der Waals surface area contributed by atoms with Crippen LogP contribution in [-0.2, 0) is 6.54 Å². The number of nitrogens with one attached hydrogen (secondary N) is 1. The lowest BCUT2D eigenvalue weighted by Gasteiger charge is -2.56. The molecule has 9 nitrogen and oxygen atoms in total. The van der Waals surface area contributed by atoms with E-state index >= 15 is 0 Å². The first-order chi connectivity index (χ1) is 17.1. The summed E-state index contributed by atoms with van der Waals surface area (Å²) in [5.74, 6) is 1.64. The summed E-state index contributed by atoms with van der Waals surface area (Å²) in [6, 6.07) is 10.5. The van der Waals surface area contributed by atoms with Gasteiger partial charge in [-0.2, -0.15) is 5.26 Å². The van der Waals surface area contributed by atoms with Gasteiger partial charge in [-0.3, -0.25) is 14.1 Å². The minimum atomic E-state index is -0.536. The van der Waals surface area contributed by atoms with Crippen LogP contribution in [0.15, 0.2) is 46.6 Å². The molecule has 1 N–H and O–H groups in total. The Labute approximate surface area is 206 Å². The second kappa shape index (κ2) is 10.0. The molecule has 0 aliphatic carbocycles. The van der Waals surface area contributed by atoms with Crippen molar-refractivity contribution in [2.75, 3.05) is 37.5 Å². The Bertz CT molecular complexity index is 1280. The SMILES string of the molecule is COc1ccc(CN2C3CC2CN(c2ccc(-c4nc(SCCF)[nH]c(=O)c4C#N)cn2)C3)cn1. The molecule has 35 heavy (non-hydrogen) atoms. The number of nitriles is 1. The molecule has 2 unspecified atom stereocenters. The molecule has 6 rings (SSSR count). The van der Waals surface area contributed by atoms with Crippen molar-refractivity contribution in [3.63, 3.8) is 0 Å². The molecule has 11 heteroatoms. The summed E-state index contributed by atoms with van der Waals surface area (Å²) in [7, 11) is 1.61. The van der Waals surface area contributed by atoms with Crippen LogP contribution in [-0.4, -0.2) is 69.5 Å². The number of halogens is 1. The van der Waals surface area contributed by atoms with Crippen molar-refractivity contribution in [2.45, 2.75) is 30.2 Å². The van der Waals surface area contributed by atoms with Crippen molar-refractivity contribution < 1.29 is 9.13 Å². The van der Waals surface area contributed by atoms with Crippen molar-refractivity contribution in [3.8, 4) is 23.2 Å². The third kappa shape index (κ3) is 4.72. The molecule has 0 spiro atoms. The van der Waals surface area contributed by atoms with E-state index < -0.39 is 12.2 Å². The Balaban J connectivity index is 1.28. The quantitative estimate of drug-likeness (QED) is 0.374. The zero-order valence-corrected chi connectivity index (χ0v) is 20.0. The van der Waals surface area contributed by atoms with Gasteiger partial charge in [0.2, 0.25) is 5.88 Å². The number of rotatable bonds is 8. The fourth-order valence-electron chi connectivity index (χ4n) is 4.65. The smallest absolute Gasteiger partial charge is 0.270 e. The Kier molecular flexibility index (Phi) is 6.66. The van der Waals surface area contributed by atoms with Gasteiger partial charge in [-0.15, -0.1) is 0 Å². The molecule has 3 fully saturated rings. The number of hydrogen-bond donors (Lipinski definition) is 1. The van der Waals surface area contributed by atoms with Crippen molar-refractivity contribution in [1.29, 1.82) is 5.26 Å². The number of fused-ring (bicyclic) bond motifs is 2. The van der Waals surface area contributed by atoms with E-state index in [9.17, 15) is 14.4 Å². The maximum Gasteiger partial charge on any atom is 0.270 e. The molecule has 3 aromatic heterocycles. The summed E-state index contributed by atoms with van der Waals surface area (Å²) in [4.78, 5) is 32.9. The number of aromatic amines is 1. The number of hydrogen-bond acceptors (Lipinski definition) is 9. The Hall–Kier alpha value is -3.49. The summed E-state index contributed by atoms with van der Waals surface area (Å²) in [6.45, 7) is 2.08. The Morgan fingerprint density at radius 1 is 1.23 bits per heavy atom. The summed E-state index contributed by atoms with van der Waals surface area (Å²) >= 11 is 1.10. The van der Waals surface area contributed by atoms with Crippen LogP contribution in [0.2, 0.25) is 0 Å². The minimum absolute atomic E-state index is 0.0768. The summed E-state index contributed by atoms with van der Waals surface area (Å²) < 4.78 is 17.7. The standard InChI is InChI=1S/C24H24FN7O2S/c1-34-21-5-2-15(10-28-21)12-32-17-8-18(32)14-31(13-17)20-4-3-16(11-27-20)22-19(9-26)23(33)30-24(29-22)35-7-6-25/h2-5,10-11,17-18H,6-8,12-14H2,1H3,(H,29,30,33). The summed E-state index contributed by atoms with van der Waals surface area (Å²) in [5, 5.41) is 9.74. The number of H-pyrrole nitrogens is 1. The molecular weight excluding hydrogens is 469 g/mol. The van der Waals surface area contributed by atoms with E-state index in [1.54, 1.807) is 13.3 Å². The van der Waals surface area contributed by atoms with E-state index in [1.165, 1.54) is 12.0 Å². The highest BCUT2D eigenvalue weighted by Gasteiger charge is 2.44. The Morgan fingerprint density at radius 2 is 2.06 bits per heavy atom. The third-order valence-electron chi connectivity index (χ3n) is 6.39. The monoisotopic (exact) mass is 493 g/mol. The molecule has 0 amide bonds. The lowest BCUT2D eigenvalue weighted by Crippen LogP contribution is -2.68. The highest BCUT2D eigenvalue weighted by atomic mass is 32.2. The topological polar surface area (TPSA) is 111 Å². The lowest BCUT2D eigenvalue weighted by atomic mass is 9.87. The van der Waals surface area contributed by atoms with Gasteiger partial charge >= 0.3 is 0 Å². The van der Waals surface area contributed by atoms with Crippen molar-refractivity contribution >= 4 is 17.6 Å². The molecule has 3 aliphatic rings. The largest absolute Gasteiger partial charge is 0.481 e. The predicted octanol–water partition coefficient (Wildman–Crippen LogP) is 2.63. The molecule has 0 radical (unpaired) electrons. The average molecular weight is 494 g/mol. The van der Waals surface area contributed by atoms with Crippen LogP contribution in [0.1, 0.15) is 17.5 Å². The number of alkyl halides is 1. The van der Waals surface area contributed by atoms with Crippen LogP contribution in [0.25, 0.3) is 11.3 Å². The van der Waals surface area contributed by atoms with Gasteiger partial charge in [-0.05, 0) is 24.1 Å². The van der Waals surface area contributed by atoms with Crippen LogP contribution < -0.4 is 15.2 Å². The number of piperidine rings is 1. The summed E-state index contributed by atoms with van der Waals surface area (Å²) in [6.07, 6.45) is 4.67. The number of ether oxygens (including phenoxy) is 1. The fraction of sp³-hybridized carbons (Fsp3) is 0.375. The average Bonchev–Trinajstić information content (AvgIpc) is 2.90. The zero-order chi connectivity index (χ0) is 24.4. The van der Waals surface area contributed by atoms with E-state index in [0.29, 0.717) is 23.5 Å². The molecule has 3 saturated heterocycles. The first-order valence-electron chi connectivity index (χ1n) is 11.3. The van der Waals surface area contributed by atoms with E-state index in [4.69, 9.17) is 4.74 Å². The molecule has 3 aromatic rings. The van der Waals surface area contributed by atoms with E-state index in [-0.39, 0.29) is 22.2 Å². The molecule has 180 valence electrons. The molecule has 2 atom stereocenters. The minimum Gasteiger partial charge on any atom is -0.481 e. The van der Waals surface area contributed by atoms with Crippen LogP contribution >= 0.6 is 11.8 Å². The van der Waals surface area contributed by atoms with Gasteiger partial charge in [0, 0.05) is 61.5 Å². The van der Waals surface area contributed by atoms with Crippen LogP contribution in [0.3, 0.4) is 0 Å². The second-order valence-corrected chi connectivity index (χ2v) is 9.56. The number of pyridine rings is 2. The lowest BCUT2D eigenvalue weighted by molar-refractivity contribution is -0.00876. The molecule has 6 heterocycles. The van der Waals surface area contributed by atoms with Crippen LogP contribution in [0.4, 0.5) is 10.2 Å². The number of piperazine rings is 1. The maximum atomic E-state index is 12.5. The van der Waals surface area contributed by atoms with Gasteiger partial charge in [0.1, 0.15) is 17.5 Å². The molecular formula is C24H24FN7O2S. The van der Waals surface area contributed by atoms with Crippen molar-refractivity contribution in [1.82, 2.24) is 24.8 Å². The maximum absolute atomic E-state index is 12.5. The molecule has 0 aromatic carbocycles. The number of methoxy groups -OCH3 is 1. The van der Waals surface area contributed by atoms with Crippen LogP contribution in [0, 0.1) is 11.3 Å². The molecule has 3 aliphatic heterocycles. The van der Waals surface area contributed by atoms with Crippen LogP contribution in [0.5, 0.6) is 5.88 Å².